The first-order valence-corrected chi connectivity index (χ1v) is 7.14. The van der Waals surface area contributed by atoms with Crippen LogP contribution in [0.2, 0.25) is 0 Å². The Morgan fingerprint density at radius 3 is 2.67 bits per heavy atom. The summed E-state index contributed by atoms with van der Waals surface area (Å²) in [6.07, 6.45) is 1.69. The number of aromatic nitrogens is 2. The SMILES string of the molecule is CCCn1nc(C(N)CNN)cc1Cc1ccc(F)cc1. The molecule has 0 saturated heterocycles. The average molecular weight is 291 g/mol. The van der Waals surface area contributed by atoms with E-state index in [2.05, 4.69) is 17.4 Å². The Balaban J connectivity index is 2.21. The largest absolute Gasteiger partial charge is 0.322 e. The summed E-state index contributed by atoms with van der Waals surface area (Å²) in [5.41, 5.74) is 11.5. The summed E-state index contributed by atoms with van der Waals surface area (Å²) in [5, 5.41) is 4.55. The lowest BCUT2D eigenvalue weighted by Crippen LogP contribution is -2.32. The fourth-order valence-corrected chi connectivity index (χ4v) is 2.25. The first-order valence-electron chi connectivity index (χ1n) is 7.14. The van der Waals surface area contributed by atoms with Gasteiger partial charge in [-0.05, 0) is 30.2 Å². The van der Waals surface area contributed by atoms with E-state index in [1.807, 2.05) is 10.7 Å². The molecule has 114 valence electrons. The third kappa shape index (κ3) is 4.10. The summed E-state index contributed by atoms with van der Waals surface area (Å²) in [7, 11) is 0. The van der Waals surface area contributed by atoms with Gasteiger partial charge in [-0.15, -0.1) is 0 Å². The smallest absolute Gasteiger partial charge is 0.123 e. The molecule has 0 bridgehead atoms. The number of halogens is 1. The highest BCUT2D eigenvalue weighted by Crippen LogP contribution is 2.16. The summed E-state index contributed by atoms with van der Waals surface area (Å²) < 4.78 is 14.9. The highest BCUT2D eigenvalue weighted by molar-refractivity contribution is 5.24. The number of hydrazine groups is 1. The van der Waals surface area contributed by atoms with E-state index in [9.17, 15) is 4.39 Å². The summed E-state index contributed by atoms with van der Waals surface area (Å²) in [4.78, 5) is 0. The second-order valence-electron chi connectivity index (χ2n) is 5.10. The monoisotopic (exact) mass is 291 g/mol. The maximum absolute atomic E-state index is 13.0. The number of nitrogens with zero attached hydrogens (tertiary/aromatic N) is 2. The van der Waals surface area contributed by atoms with Gasteiger partial charge in [0.2, 0.25) is 0 Å². The van der Waals surface area contributed by atoms with E-state index in [1.54, 1.807) is 12.1 Å². The molecule has 21 heavy (non-hydrogen) atoms. The van der Waals surface area contributed by atoms with Crippen molar-refractivity contribution in [3.63, 3.8) is 0 Å². The number of nitrogens with one attached hydrogen (secondary N) is 1. The van der Waals surface area contributed by atoms with Crippen LogP contribution in [-0.4, -0.2) is 16.3 Å². The molecule has 0 aliphatic heterocycles. The minimum Gasteiger partial charge on any atom is -0.322 e. The Labute approximate surface area is 124 Å². The molecule has 2 rings (SSSR count). The van der Waals surface area contributed by atoms with Crippen molar-refractivity contribution in [2.24, 2.45) is 11.6 Å². The van der Waals surface area contributed by atoms with Crippen molar-refractivity contribution in [3.8, 4) is 0 Å². The van der Waals surface area contributed by atoms with Crippen LogP contribution in [0.4, 0.5) is 4.39 Å². The van der Waals surface area contributed by atoms with Gasteiger partial charge in [-0.3, -0.25) is 16.0 Å². The van der Waals surface area contributed by atoms with E-state index in [4.69, 9.17) is 11.6 Å². The van der Waals surface area contributed by atoms with Crippen LogP contribution >= 0.6 is 0 Å². The maximum atomic E-state index is 13.0. The predicted molar refractivity (Wildman–Crippen MR) is 80.8 cm³/mol. The van der Waals surface area contributed by atoms with Crippen molar-refractivity contribution in [3.05, 3.63) is 53.1 Å². The van der Waals surface area contributed by atoms with Crippen LogP contribution in [0.5, 0.6) is 0 Å². The fraction of sp³-hybridized carbons (Fsp3) is 0.400. The molecule has 0 saturated carbocycles. The van der Waals surface area contributed by atoms with Crippen LogP contribution in [0.3, 0.4) is 0 Å². The molecule has 6 heteroatoms. The number of nitrogens with two attached hydrogens (primary N) is 2. The van der Waals surface area contributed by atoms with Crippen molar-refractivity contribution in [1.82, 2.24) is 15.2 Å². The van der Waals surface area contributed by atoms with Gasteiger partial charge in [0.25, 0.3) is 0 Å². The van der Waals surface area contributed by atoms with Crippen molar-refractivity contribution in [2.75, 3.05) is 6.54 Å². The first-order chi connectivity index (χ1) is 10.1. The molecule has 0 aliphatic rings. The molecule has 0 spiro atoms. The Hall–Kier alpha value is -1.76. The Kier molecular flexibility index (Phi) is 5.44. The van der Waals surface area contributed by atoms with Gasteiger partial charge < -0.3 is 5.73 Å². The normalized spacial score (nSPS) is 12.6. The molecule has 0 aliphatic carbocycles. The highest BCUT2D eigenvalue weighted by Gasteiger charge is 2.13. The van der Waals surface area contributed by atoms with E-state index >= 15 is 0 Å². The molecular weight excluding hydrogens is 269 g/mol. The fourth-order valence-electron chi connectivity index (χ4n) is 2.25. The molecule has 0 amide bonds. The summed E-state index contributed by atoms with van der Waals surface area (Å²) in [5.74, 6) is 5.08. The van der Waals surface area contributed by atoms with E-state index in [0.717, 1.165) is 29.9 Å². The van der Waals surface area contributed by atoms with Crippen LogP contribution in [-0.2, 0) is 13.0 Å². The molecule has 5 nitrogen and oxygen atoms in total. The van der Waals surface area contributed by atoms with Crippen LogP contribution in [0.15, 0.2) is 30.3 Å². The number of rotatable bonds is 7. The van der Waals surface area contributed by atoms with Crippen molar-refractivity contribution < 1.29 is 4.39 Å². The molecular formula is C15H22FN5. The molecule has 5 N–H and O–H groups in total. The molecule has 1 aromatic heterocycles. The van der Waals surface area contributed by atoms with Crippen molar-refractivity contribution >= 4 is 0 Å². The van der Waals surface area contributed by atoms with Gasteiger partial charge >= 0.3 is 0 Å². The summed E-state index contributed by atoms with van der Waals surface area (Å²) in [6, 6.07) is 8.29. The van der Waals surface area contributed by atoms with Gasteiger partial charge in [0.05, 0.1) is 11.7 Å². The number of hydrogen-bond acceptors (Lipinski definition) is 4. The van der Waals surface area contributed by atoms with Crippen LogP contribution < -0.4 is 17.0 Å². The van der Waals surface area contributed by atoms with E-state index < -0.39 is 0 Å². The molecule has 2 aromatic rings. The standard InChI is InChI=1S/C15H22FN5/c1-2-7-21-13(8-11-3-5-12(16)6-4-11)9-15(20-21)14(17)10-19-18/h3-6,9,14,19H,2,7-8,10,17-18H2,1H3. The average Bonchev–Trinajstić information content (AvgIpc) is 2.85. The lowest BCUT2D eigenvalue weighted by Gasteiger charge is -2.07. The van der Waals surface area contributed by atoms with Gasteiger partial charge in [-0.1, -0.05) is 19.1 Å². The summed E-state index contributed by atoms with van der Waals surface area (Å²) >= 11 is 0. The Bertz CT molecular complexity index is 564. The third-order valence-corrected chi connectivity index (χ3v) is 3.33. The van der Waals surface area contributed by atoms with E-state index in [0.29, 0.717) is 13.0 Å². The van der Waals surface area contributed by atoms with Gasteiger partial charge in [0.1, 0.15) is 5.82 Å². The predicted octanol–water partition coefficient (Wildman–Crippen LogP) is 1.49. The zero-order valence-corrected chi connectivity index (χ0v) is 12.2. The van der Waals surface area contributed by atoms with Crippen LogP contribution in [0, 0.1) is 5.82 Å². The van der Waals surface area contributed by atoms with Crippen LogP contribution in [0.25, 0.3) is 0 Å². The lowest BCUT2D eigenvalue weighted by atomic mass is 10.1. The molecule has 0 fully saturated rings. The molecule has 1 unspecified atom stereocenters. The first kappa shape index (κ1) is 15.6. The maximum Gasteiger partial charge on any atom is 0.123 e. The minimum absolute atomic E-state index is 0.224. The second-order valence-corrected chi connectivity index (χ2v) is 5.10. The minimum atomic E-state index is -0.236. The third-order valence-electron chi connectivity index (χ3n) is 3.33. The molecule has 1 heterocycles. The zero-order chi connectivity index (χ0) is 15.2. The molecule has 1 atom stereocenters. The highest BCUT2D eigenvalue weighted by atomic mass is 19.1. The number of aryl methyl sites for hydroxylation is 1. The van der Waals surface area contributed by atoms with Crippen molar-refractivity contribution in [1.29, 1.82) is 0 Å². The van der Waals surface area contributed by atoms with Crippen LogP contribution in [0.1, 0.15) is 36.3 Å². The quantitative estimate of drug-likeness (QED) is 0.533. The zero-order valence-electron chi connectivity index (χ0n) is 12.2. The van der Waals surface area contributed by atoms with Gasteiger partial charge in [-0.25, -0.2) is 4.39 Å². The lowest BCUT2D eigenvalue weighted by molar-refractivity contribution is 0.549. The van der Waals surface area contributed by atoms with Gasteiger partial charge in [0, 0.05) is 25.2 Å². The van der Waals surface area contributed by atoms with Gasteiger partial charge in [-0.2, -0.15) is 5.10 Å². The Morgan fingerprint density at radius 1 is 1.33 bits per heavy atom. The Morgan fingerprint density at radius 2 is 2.05 bits per heavy atom. The van der Waals surface area contributed by atoms with E-state index in [1.165, 1.54) is 12.1 Å². The van der Waals surface area contributed by atoms with Crippen molar-refractivity contribution in [2.45, 2.75) is 32.4 Å². The topological polar surface area (TPSA) is 81.9 Å². The number of benzene rings is 1. The number of hydrogen-bond donors (Lipinski definition) is 3. The second kappa shape index (κ2) is 7.31. The van der Waals surface area contributed by atoms with Gasteiger partial charge in [0.15, 0.2) is 0 Å². The van der Waals surface area contributed by atoms with E-state index in [-0.39, 0.29) is 11.9 Å². The molecule has 1 aromatic carbocycles. The molecule has 0 radical (unpaired) electrons. The summed E-state index contributed by atoms with van der Waals surface area (Å²) in [6.45, 7) is 3.41.